The maximum absolute atomic E-state index is 13.3. The lowest BCUT2D eigenvalue weighted by atomic mass is 10.2. The monoisotopic (exact) mass is 553 g/mol. The van der Waals surface area contributed by atoms with Crippen molar-refractivity contribution in [2.24, 2.45) is 0 Å². The Morgan fingerprint density at radius 1 is 1.03 bits per heavy atom. The van der Waals surface area contributed by atoms with E-state index in [9.17, 15) is 23.3 Å². The largest absolute Gasteiger partial charge is 0.354 e. The van der Waals surface area contributed by atoms with Gasteiger partial charge in [0.15, 0.2) is 0 Å². The summed E-state index contributed by atoms with van der Waals surface area (Å²) in [7, 11) is -4.09. The fourth-order valence-corrected chi connectivity index (χ4v) is 5.90. The van der Waals surface area contributed by atoms with Gasteiger partial charge in [0.05, 0.1) is 15.5 Å². The van der Waals surface area contributed by atoms with Gasteiger partial charge in [-0.25, -0.2) is 8.42 Å². The number of non-ortho nitro benzene ring substituents is 1. The molecule has 0 heterocycles. The summed E-state index contributed by atoms with van der Waals surface area (Å²) in [6.07, 6.45) is 0. The highest BCUT2D eigenvalue weighted by atomic mass is 35.5. The van der Waals surface area contributed by atoms with Gasteiger partial charge in [-0.15, -0.1) is 0 Å². The normalized spacial score (nSPS) is 11.1. The van der Waals surface area contributed by atoms with E-state index < -0.39 is 27.4 Å². The van der Waals surface area contributed by atoms with E-state index >= 15 is 0 Å². The average molecular weight is 554 g/mol. The summed E-state index contributed by atoms with van der Waals surface area (Å²) in [5.41, 5.74) is 0.875. The van der Waals surface area contributed by atoms with Gasteiger partial charge in [-0.2, -0.15) is 11.8 Å². The third-order valence-corrected chi connectivity index (χ3v) is 8.19. The second kappa shape index (κ2) is 12.3. The topological polar surface area (TPSA) is 110 Å². The fraction of sp³-hybridized carbons (Fsp3) is 0.174. The zero-order valence-electron chi connectivity index (χ0n) is 18.3. The number of carbonyl (C=O) groups is 1. The first-order valence-corrected chi connectivity index (χ1v) is 13.6. The average Bonchev–Trinajstić information content (AvgIpc) is 2.84. The maximum Gasteiger partial charge on any atom is 0.269 e. The van der Waals surface area contributed by atoms with Crippen molar-refractivity contribution >= 4 is 62.3 Å². The molecule has 0 aliphatic heterocycles. The molecule has 184 valence electrons. The molecule has 0 saturated heterocycles. The zero-order valence-corrected chi connectivity index (χ0v) is 21.4. The number of nitro benzene ring substituents is 1. The molecule has 1 N–H and O–H groups in total. The first kappa shape index (κ1) is 26.8. The van der Waals surface area contributed by atoms with Crippen molar-refractivity contribution in [3.05, 3.63) is 98.5 Å². The fourth-order valence-electron chi connectivity index (χ4n) is 3.05. The number of sulfonamides is 1. The molecule has 12 heteroatoms. The van der Waals surface area contributed by atoms with Crippen LogP contribution in [0, 0.1) is 10.1 Å². The van der Waals surface area contributed by atoms with E-state index in [1.165, 1.54) is 36.4 Å². The number of benzene rings is 3. The van der Waals surface area contributed by atoms with Gasteiger partial charge >= 0.3 is 0 Å². The summed E-state index contributed by atoms with van der Waals surface area (Å²) in [6, 6.07) is 17.9. The molecule has 0 atom stereocenters. The van der Waals surface area contributed by atoms with Crippen molar-refractivity contribution in [1.29, 1.82) is 0 Å². The van der Waals surface area contributed by atoms with Crippen LogP contribution in [-0.2, 0) is 20.6 Å². The third-order valence-electron chi connectivity index (χ3n) is 4.81. The first-order chi connectivity index (χ1) is 16.7. The summed E-state index contributed by atoms with van der Waals surface area (Å²) in [4.78, 5) is 23.0. The van der Waals surface area contributed by atoms with Gasteiger partial charge in [0.2, 0.25) is 5.91 Å². The van der Waals surface area contributed by atoms with E-state index in [-0.39, 0.29) is 16.3 Å². The Hall–Kier alpha value is -2.79. The Labute approximate surface area is 217 Å². The number of nitrogens with zero attached hydrogens (tertiary/aromatic N) is 2. The number of thioether (sulfide) groups is 1. The molecule has 0 saturated carbocycles. The second-order valence-corrected chi connectivity index (χ2v) is 11.0. The number of hydrogen-bond donors (Lipinski definition) is 1. The Kier molecular flexibility index (Phi) is 9.39. The lowest BCUT2D eigenvalue weighted by Crippen LogP contribution is -2.41. The number of carbonyl (C=O) groups excluding carboxylic acids is 1. The SMILES string of the molecule is O=C(CN(c1ccc([N+](=O)[O-])cc1)S(=O)(=O)c1ccccc1)NCCSCc1ccc(Cl)cc1Cl. The van der Waals surface area contributed by atoms with Crippen molar-refractivity contribution in [1.82, 2.24) is 5.32 Å². The van der Waals surface area contributed by atoms with Gasteiger partial charge in [-0.05, 0) is 42.0 Å². The van der Waals surface area contributed by atoms with Crippen LogP contribution in [0.1, 0.15) is 5.56 Å². The Morgan fingerprint density at radius 2 is 1.71 bits per heavy atom. The van der Waals surface area contributed by atoms with E-state index in [2.05, 4.69) is 5.32 Å². The molecular formula is C23H21Cl2N3O5S2. The summed E-state index contributed by atoms with van der Waals surface area (Å²) in [5.74, 6) is 0.699. The van der Waals surface area contributed by atoms with Gasteiger partial charge < -0.3 is 5.32 Å². The molecule has 35 heavy (non-hydrogen) atoms. The van der Waals surface area contributed by atoms with Crippen molar-refractivity contribution < 1.29 is 18.1 Å². The Balaban J connectivity index is 1.65. The van der Waals surface area contributed by atoms with Crippen LogP contribution in [-0.4, -0.2) is 38.1 Å². The van der Waals surface area contributed by atoms with Crippen molar-refractivity contribution in [3.8, 4) is 0 Å². The number of hydrogen-bond acceptors (Lipinski definition) is 6. The number of rotatable bonds is 11. The standard InChI is InChI=1S/C23H21Cl2N3O5S2/c24-18-7-6-17(22(25)14-18)16-34-13-12-26-23(29)15-27(19-8-10-20(11-9-19)28(30)31)35(32,33)21-4-2-1-3-5-21/h1-11,14H,12-13,15-16H2,(H,26,29). The molecule has 3 rings (SSSR count). The molecule has 0 aliphatic carbocycles. The molecule has 8 nitrogen and oxygen atoms in total. The zero-order chi connectivity index (χ0) is 25.4. The summed E-state index contributed by atoms with van der Waals surface area (Å²) in [6.45, 7) is -0.170. The van der Waals surface area contributed by atoms with Crippen molar-refractivity contribution in [2.75, 3.05) is 23.1 Å². The quantitative estimate of drug-likeness (QED) is 0.200. The predicted molar refractivity (Wildman–Crippen MR) is 140 cm³/mol. The maximum atomic E-state index is 13.3. The number of halogens is 2. The summed E-state index contributed by atoms with van der Waals surface area (Å²) in [5, 5.41) is 14.8. The highest BCUT2D eigenvalue weighted by Gasteiger charge is 2.27. The first-order valence-electron chi connectivity index (χ1n) is 10.3. The van der Waals surface area contributed by atoms with Gasteiger partial charge in [0, 0.05) is 40.2 Å². The van der Waals surface area contributed by atoms with E-state index in [4.69, 9.17) is 23.2 Å². The number of nitro groups is 1. The molecule has 0 aromatic heterocycles. The molecule has 3 aromatic rings. The molecule has 0 aliphatic rings. The van der Waals surface area contributed by atoms with Crippen LogP contribution in [0.4, 0.5) is 11.4 Å². The Morgan fingerprint density at radius 3 is 2.34 bits per heavy atom. The smallest absolute Gasteiger partial charge is 0.269 e. The predicted octanol–water partition coefficient (Wildman–Crippen LogP) is 5.15. The third kappa shape index (κ3) is 7.35. The van der Waals surface area contributed by atoms with Gasteiger partial charge in [0.25, 0.3) is 15.7 Å². The summed E-state index contributed by atoms with van der Waals surface area (Å²) >= 11 is 13.6. The molecular weight excluding hydrogens is 533 g/mol. The van der Waals surface area contributed by atoms with Crippen LogP contribution in [0.25, 0.3) is 0 Å². The van der Waals surface area contributed by atoms with Gasteiger partial charge in [-0.1, -0.05) is 47.5 Å². The Bertz CT molecular complexity index is 1290. The number of anilines is 1. The lowest BCUT2D eigenvalue weighted by Gasteiger charge is -2.24. The molecule has 3 aromatic carbocycles. The molecule has 0 unspecified atom stereocenters. The van der Waals surface area contributed by atoms with Gasteiger partial charge in [0.1, 0.15) is 6.54 Å². The summed E-state index contributed by atoms with van der Waals surface area (Å²) < 4.78 is 27.5. The lowest BCUT2D eigenvalue weighted by molar-refractivity contribution is -0.384. The van der Waals surface area contributed by atoms with E-state index in [0.717, 1.165) is 9.87 Å². The molecule has 1 amide bonds. The molecule has 0 bridgehead atoms. The van der Waals surface area contributed by atoms with Crippen LogP contribution < -0.4 is 9.62 Å². The van der Waals surface area contributed by atoms with Crippen LogP contribution in [0.2, 0.25) is 10.0 Å². The van der Waals surface area contributed by atoms with Gasteiger partial charge in [-0.3, -0.25) is 19.2 Å². The highest BCUT2D eigenvalue weighted by molar-refractivity contribution is 7.98. The molecule has 0 radical (unpaired) electrons. The van der Waals surface area contributed by atoms with Crippen LogP contribution in [0.15, 0.2) is 77.7 Å². The number of nitrogens with one attached hydrogen (secondary N) is 1. The van der Waals surface area contributed by atoms with Crippen molar-refractivity contribution in [3.63, 3.8) is 0 Å². The highest BCUT2D eigenvalue weighted by Crippen LogP contribution is 2.26. The van der Waals surface area contributed by atoms with E-state index in [1.807, 2.05) is 6.07 Å². The minimum Gasteiger partial charge on any atom is -0.354 e. The van der Waals surface area contributed by atoms with Crippen LogP contribution >= 0.6 is 35.0 Å². The van der Waals surface area contributed by atoms with Crippen LogP contribution in [0.3, 0.4) is 0 Å². The van der Waals surface area contributed by atoms with Crippen molar-refractivity contribution in [2.45, 2.75) is 10.6 Å². The minimum absolute atomic E-state index is 0.00144. The minimum atomic E-state index is -4.09. The molecule has 0 spiro atoms. The van der Waals surface area contributed by atoms with E-state index in [1.54, 1.807) is 42.1 Å². The van der Waals surface area contributed by atoms with Crippen LogP contribution in [0.5, 0.6) is 0 Å². The van der Waals surface area contributed by atoms with E-state index in [0.29, 0.717) is 28.1 Å². The molecule has 0 fully saturated rings. The number of amides is 1. The second-order valence-electron chi connectivity index (χ2n) is 7.24.